The van der Waals surface area contributed by atoms with Gasteiger partial charge in [0.2, 0.25) is 9.84 Å². The first-order chi connectivity index (χ1) is 9.51. The average molecular weight is 329 g/mol. The lowest BCUT2D eigenvalue weighted by Crippen LogP contribution is -2.09. The van der Waals surface area contributed by atoms with Gasteiger partial charge in [0.1, 0.15) is 4.90 Å². The highest BCUT2D eigenvalue weighted by atomic mass is 35.5. The van der Waals surface area contributed by atoms with Gasteiger partial charge in [0.05, 0.1) is 4.90 Å². The van der Waals surface area contributed by atoms with Crippen LogP contribution in [-0.4, -0.2) is 18.6 Å². The van der Waals surface area contributed by atoms with Crippen LogP contribution in [0.3, 0.4) is 0 Å². The molecule has 7 heteroatoms. The molecular formula is C13H10Cl2N2O2S. The molecule has 20 heavy (non-hydrogen) atoms. The van der Waals surface area contributed by atoms with Crippen LogP contribution in [0, 0.1) is 0 Å². The number of rotatable bonds is 3. The van der Waals surface area contributed by atoms with E-state index in [0.717, 1.165) is 12.8 Å². The fourth-order valence-corrected chi connectivity index (χ4v) is 4.44. The average Bonchev–Trinajstić information content (AvgIpc) is 3.26. The van der Waals surface area contributed by atoms with E-state index in [0.29, 0.717) is 5.56 Å². The Labute approximate surface area is 126 Å². The van der Waals surface area contributed by atoms with E-state index < -0.39 is 9.84 Å². The summed E-state index contributed by atoms with van der Waals surface area (Å²) in [7, 11) is -3.75. The predicted octanol–water partition coefficient (Wildman–Crippen LogP) is 3.49. The van der Waals surface area contributed by atoms with E-state index in [-0.39, 0.29) is 26.0 Å². The third-order valence-electron chi connectivity index (χ3n) is 3.19. The number of sulfone groups is 1. The van der Waals surface area contributed by atoms with Crippen molar-refractivity contribution in [3.05, 3.63) is 46.2 Å². The summed E-state index contributed by atoms with van der Waals surface area (Å²) in [5.74, 6) is 0.101. The minimum atomic E-state index is -3.75. The summed E-state index contributed by atoms with van der Waals surface area (Å²) in [6.07, 6.45) is 1.78. The third kappa shape index (κ3) is 2.30. The molecule has 0 N–H and O–H groups in total. The highest BCUT2D eigenvalue weighted by Crippen LogP contribution is 2.47. The first-order valence-electron chi connectivity index (χ1n) is 6.03. The predicted molar refractivity (Wildman–Crippen MR) is 75.9 cm³/mol. The fraction of sp³-hybridized carbons (Fsp3) is 0.231. The molecule has 0 bridgehead atoms. The van der Waals surface area contributed by atoms with Gasteiger partial charge in [0.25, 0.3) is 0 Å². The summed E-state index contributed by atoms with van der Waals surface area (Å²) in [4.78, 5) is 0.167. The van der Waals surface area contributed by atoms with Gasteiger partial charge in [-0.1, -0.05) is 41.4 Å². The molecule has 104 valence electrons. The van der Waals surface area contributed by atoms with E-state index in [1.54, 1.807) is 18.2 Å². The van der Waals surface area contributed by atoms with Crippen molar-refractivity contribution in [1.82, 2.24) is 10.2 Å². The number of nitrogens with zero attached hydrogens (tertiary/aromatic N) is 2. The van der Waals surface area contributed by atoms with Gasteiger partial charge in [-0.15, -0.1) is 10.2 Å². The van der Waals surface area contributed by atoms with Crippen molar-refractivity contribution >= 4 is 33.0 Å². The van der Waals surface area contributed by atoms with Crippen LogP contribution in [0.4, 0.5) is 0 Å². The largest absolute Gasteiger partial charge is 0.218 e. The van der Waals surface area contributed by atoms with Crippen LogP contribution >= 0.6 is 23.2 Å². The Balaban J connectivity index is 2.27. The fourth-order valence-electron chi connectivity index (χ4n) is 2.09. The maximum Gasteiger partial charge on any atom is 0.210 e. The van der Waals surface area contributed by atoms with E-state index in [1.165, 1.54) is 12.1 Å². The molecule has 0 unspecified atom stereocenters. The smallest absolute Gasteiger partial charge is 0.210 e. The number of aromatic nitrogens is 2. The standard InChI is InChI=1S/C13H10Cl2N2O2S/c14-12-10(8-6-7-8)11(13(15)17-16-12)20(18,19)9-4-2-1-3-5-9/h1-5,8H,6-7H2. The first-order valence-corrected chi connectivity index (χ1v) is 8.27. The normalized spacial score (nSPS) is 15.3. The second-order valence-electron chi connectivity index (χ2n) is 4.62. The zero-order valence-electron chi connectivity index (χ0n) is 10.3. The Morgan fingerprint density at radius 3 is 2.20 bits per heavy atom. The van der Waals surface area contributed by atoms with Crippen LogP contribution in [0.2, 0.25) is 10.3 Å². The lowest BCUT2D eigenvalue weighted by molar-refractivity contribution is 0.594. The van der Waals surface area contributed by atoms with Crippen LogP contribution in [-0.2, 0) is 9.84 Å². The summed E-state index contributed by atoms with van der Waals surface area (Å²) in [6.45, 7) is 0. The van der Waals surface area contributed by atoms with Crippen LogP contribution in [0.15, 0.2) is 40.1 Å². The second kappa shape index (κ2) is 4.98. The van der Waals surface area contributed by atoms with Gasteiger partial charge in [-0.25, -0.2) is 8.42 Å². The molecular weight excluding hydrogens is 319 g/mol. The summed E-state index contributed by atoms with van der Waals surface area (Å²) < 4.78 is 25.5. The molecule has 2 aromatic rings. The number of benzene rings is 1. The summed E-state index contributed by atoms with van der Waals surface area (Å²) in [5.41, 5.74) is 0.496. The zero-order chi connectivity index (χ0) is 14.3. The molecule has 1 aromatic carbocycles. The summed E-state index contributed by atoms with van der Waals surface area (Å²) in [5, 5.41) is 7.36. The molecule has 0 saturated heterocycles. The van der Waals surface area contributed by atoms with Gasteiger partial charge in [-0.3, -0.25) is 0 Å². The molecule has 0 spiro atoms. The maximum atomic E-state index is 12.7. The van der Waals surface area contributed by atoms with Crippen LogP contribution in [0.25, 0.3) is 0 Å². The van der Waals surface area contributed by atoms with Crippen molar-refractivity contribution in [3.8, 4) is 0 Å². The Hall–Kier alpha value is -1.17. The van der Waals surface area contributed by atoms with Gasteiger partial charge in [-0.2, -0.15) is 0 Å². The maximum absolute atomic E-state index is 12.7. The molecule has 0 amide bonds. The molecule has 3 rings (SSSR count). The Morgan fingerprint density at radius 2 is 1.60 bits per heavy atom. The SMILES string of the molecule is O=S(=O)(c1ccccc1)c1c(Cl)nnc(Cl)c1C1CC1. The first kappa shape index (κ1) is 13.8. The Kier molecular flexibility index (Phi) is 3.44. The van der Waals surface area contributed by atoms with Crippen LogP contribution in [0.1, 0.15) is 24.3 Å². The van der Waals surface area contributed by atoms with Crippen molar-refractivity contribution in [1.29, 1.82) is 0 Å². The molecule has 1 fully saturated rings. The quantitative estimate of drug-likeness (QED) is 0.865. The third-order valence-corrected chi connectivity index (χ3v) is 5.69. The van der Waals surface area contributed by atoms with E-state index >= 15 is 0 Å². The number of hydrogen-bond donors (Lipinski definition) is 0. The zero-order valence-corrected chi connectivity index (χ0v) is 12.6. The van der Waals surface area contributed by atoms with Gasteiger partial charge in [0, 0.05) is 5.56 Å². The van der Waals surface area contributed by atoms with Crippen molar-refractivity contribution in [3.63, 3.8) is 0 Å². The lowest BCUT2D eigenvalue weighted by atomic mass is 10.2. The summed E-state index contributed by atoms with van der Waals surface area (Å²) in [6, 6.07) is 8.12. The summed E-state index contributed by atoms with van der Waals surface area (Å²) >= 11 is 12.0. The number of hydrogen-bond acceptors (Lipinski definition) is 4. The molecule has 1 aliphatic carbocycles. The molecule has 0 radical (unpaired) electrons. The van der Waals surface area contributed by atoms with Crippen molar-refractivity contribution in [2.75, 3.05) is 0 Å². The van der Waals surface area contributed by atoms with E-state index in [4.69, 9.17) is 23.2 Å². The van der Waals surface area contributed by atoms with Crippen molar-refractivity contribution in [2.24, 2.45) is 0 Å². The molecule has 4 nitrogen and oxygen atoms in total. The highest BCUT2D eigenvalue weighted by molar-refractivity contribution is 7.91. The minimum Gasteiger partial charge on any atom is -0.218 e. The molecule has 0 atom stereocenters. The molecule has 0 aliphatic heterocycles. The highest BCUT2D eigenvalue weighted by Gasteiger charge is 2.36. The minimum absolute atomic E-state index is 0.00660. The van der Waals surface area contributed by atoms with Crippen LogP contribution < -0.4 is 0 Å². The van der Waals surface area contributed by atoms with Gasteiger partial charge < -0.3 is 0 Å². The van der Waals surface area contributed by atoms with Crippen molar-refractivity contribution in [2.45, 2.75) is 28.6 Å². The lowest BCUT2D eigenvalue weighted by Gasteiger charge is -2.11. The van der Waals surface area contributed by atoms with Crippen LogP contribution in [0.5, 0.6) is 0 Å². The monoisotopic (exact) mass is 328 g/mol. The van der Waals surface area contributed by atoms with Gasteiger partial charge in [0.15, 0.2) is 10.3 Å². The number of halogens is 2. The topological polar surface area (TPSA) is 59.9 Å². The van der Waals surface area contributed by atoms with Crippen molar-refractivity contribution < 1.29 is 8.42 Å². The van der Waals surface area contributed by atoms with E-state index in [1.807, 2.05) is 0 Å². The van der Waals surface area contributed by atoms with E-state index in [2.05, 4.69) is 10.2 Å². The molecule has 1 aromatic heterocycles. The van der Waals surface area contributed by atoms with Gasteiger partial charge >= 0.3 is 0 Å². The Bertz CT molecular complexity index is 759. The molecule has 1 aliphatic rings. The molecule has 1 heterocycles. The van der Waals surface area contributed by atoms with Gasteiger partial charge in [-0.05, 0) is 30.9 Å². The van der Waals surface area contributed by atoms with E-state index in [9.17, 15) is 8.42 Å². The second-order valence-corrected chi connectivity index (χ2v) is 7.22. The Morgan fingerprint density at radius 1 is 1.00 bits per heavy atom. The molecule has 1 saturated carbocycles.